The van der Waals surface area contributed by atoms with E-state index < -0.39 is 30.0 Å². The summed E-state index contributed by atoms with van der Waals surface area (Å²) in [5.74, 6) is -2.19. The van der Waals surface area contributed by atoms with Crippen molar-refractivity contribution in [3.05, 3.63) is 83.8 Å². The van der Waals surface area contributed by atoms with E-state index in [0.29, 0.717) is 17.1 Å². The highest BCUT2D eigenvalue weighted by molar-refractivity contribution is 5.66. The summed E-state index contributed by atoms with van der Waals surface area (Å²) in [5, 5.41) is 12.2. The van der Waals surface area contributed by atoms with E-state index in [1.54, 1.807) is 0 Å². The molecule has 3 heterocycles. The third kappa shape index (κ3) is 5.12. The van der Waals surface area contributed by atoms with Crippen LogP contribution in [0.1, 0.15) is 11.3 Å². The first-order valence-electron chi connectivity index (χ1n) is 11.1. The number of halogens is 6. The molecular weight excluding hydrogens is 514 g/mol. The molecule has 2 aromatic carbocycles. The summed E-state index contributed by atoms with van der Waals surface area (Å²) in [4.78, 5) is 8.44. The van der Waals surface area contributed by atoms with Gasteiger partial charge in [-0.3, -0.25) is 4.68 Å². The van der Waals surface area contributed by atoms with E-state index >= 15 is 0 Å². The van der Waals surface area contributed by atoms with Crippen molar-refractivity contribution < 1.29 is 31.1 Å². The van der Waals surface area contributed by atoms with Crippen LogP contribution in [0.25, 0.3) is 34.0 Å². The predicted molar refractivity (Wildman–Crippen MR) is 123 cm³/mol. The quantitative estimate of drug-likeness (QED) is 0.255. The van der Waals surface area contributed by atoms with Gasteiger partial charge >= 0.3 is 6.18 Å². The Morgan fingerprint density at radius 3 is 2.42 bits per heavy atom. The monoisotopic (exact) mass is 530 g/mol. The first kappa shape index (κ1) is 25.1. The molecule has 38 heavy (non-hydrogen) atoms. The highest BCUT2D eigenvalue weighted by Gasteiger charge is 2.34. The topological polar surface area (TPSA) is 78.6 Å². The fourth-order valence-electron chi connectivity index (χ4n) is 3.73. The summed E-state index contributed by atoms with van der Waals surface area (Å²) in [6.07, 6.45) is -1.78. The van der Waals surface area contributed by atoms with Crippen LogP contribution in [0.5, 0.6) is 5.75 Å². The van der Waals surface area contributed by atoms with Crippen LogP contribution in [0.2, 0.25) is 0 Å². The Kier molecular flexibility index (Phi) is 6.66. The number of benzene rings is 2. The zero-order valence-corrected chi connectivity index (χ0v) is 19.3. The highest BCUT2D eigenvalue weighted by Crippen LogP contribution is 2.38. The molecule has 3 aromatic rings. The minimum absolute atomic E-state index is 0.00211. The lowest BCUT2D eigenvalue weighted by atomic mass is 10.0. The second kappa shape index (κ2) is 10.1. The lowest BCUT2D eigenvalue weighted by molar-refractivity contribution is -0.137. The molecule has 7 nitrogen and oxygen atoms in total. The zero-order valence-electron chi connectivity index (χ0n) is 19.3. The van der Waals surface area contributed by atoms with Crippen LogP contribution in [0.4, 0.5) is 26.3 Å². The van der Waals surface area contributed by atoms with Crippen molar-refractivity contribution in [1.82, 2.24) is 29.9 Å². The van der Waals surface area contributed by atoms with E-state index in [1.165, 1.54) is 53.5 Å². The number of ether oxygens (including phenoxy) is 1. The molecule has 0 unspecified atom stereocenters. The second-order valence-corrected chi connectivity index (χ2v) is 8.04. The molecule has 1 aromatic heterocycles. The molecule has 0 fully saturated rings. The van der Waals surface area contributed by atoms with Crippen LogP contribution in [-0.2, 0) is 12.7 Å². The molecule has 0 spiro atoms. The maximum absolute atomic E-state index is 14.1. The van der Waals surface area contributed by atoms with Crippen molar-refractivity contribution in [3.63, 3.8) is 0 Å². The van der Waals surface area contributed by atoms with Crippen LogP contribution < -0.4 is 4.74 Å². The zero-order chi connectivity index (χ0) is 26.9. The standard InChI is InChI=1S/C25H16F6N6O/c26-8-9-38-15-5-6-16(18(10-15)25(29,30)31)20-7-4-14(35-36-20)12-37-13-22-21(11-32-37)33-24(34-22)17-2-1-3-19(27)23(17)28/h1-7,10-11,13H,8-9,12H2. The number of hydrogen-bond donors (Lipinski definition) is 0. The average Bonchev–Trinajstić information content (AvgIpc) is 3.32. The minimum Gasteiger partial charge on any atom is -0.491 e. The van der Waals surface area contributed by atoms with Crippen LogP contribution in [0, 0.1) is 11.6 Å². The molecule has 2 aliphatic rings. The Labute approximate surface area is 211 Å². The van der Waals surface area contributed by atoms with Gasteiger partial charge in [-0.25, -0.2) is 23.1 Å². The Morgan fingerprint density at radius 2 is 1.68 bits per heavy atom. The van der Waals surface area contributed by atoms with E-state index in [9.17, 15) is 26.3 Å². The molecule has 0 N–H and O–H groups in total. The fraction of sp³-hybridized carbons (Fsp3) is 0.160. The van der Waals surface area contributed by atoms with E-state index in [4.69, 9.17) is 4.74 Å². The van der Waals surface area contributed by atoms with Gasteiger partial charge in [-0.1, -0.05) is 6.07 Å². The summed E-state index contributed by atoms with van der Waals surface area (Å²) in [7, 11) is 0. The molecule has 0 saturated carbocycles. The molecule has 0 radical (unpaired) electrons. The van der Waals surface area contributed by atoms with Gasteiger partial charge in [-0.15, -0.1) is 0 Å². The fourth-order valence-corrected chi connectivity index (χ4v) is 3.73. The second-order valence-electron chi connectivity index (χ2n) is 8.04. The summed E-state index contributed by atoms with van der Waals surface area (Å²) >= 11 is 0. The number of imidazole rings is 1. The minimum atomic E-state index is -4.70. The van der Waals surface area contributed by atoms with E-state index in [-0.39, 0.29) is 41.5 Å². The molecule has 2 aliphatic heterocycles. The van der Waals surface area contributed by atoms with Crippen molar-refractivity contribution in [2.45, 2.75) is 12.7 Å². The number of rotatable bonds is 7. The number of fused-ring (bicyclic) bond motifs is 1. The smallest absolute Gasteiger partial charge is 0.417 e. The van der Waals surface area contributed by atoms with Crippen LogP contribution in [0.3, 0.4) is 0 Å². The van der Waals surface area contributed by atoms with Crippen LogP contribution in [0.15, 0.2) is 60.9 Å². The Morgan fingerprint density at radius 1 is 0.868 bits per heavy atom. The molecule has 0 aliphatic carbocycles. The number of aromatic nitrogens is 6. The van der Waals surface area contributed by atoms with Gasteiger partial charge in [0.15, 0.2) is 17.5 Å². The molecule has 13 heteroatoms. The number of nitrogens with zero attached hydrogens (tertiary/aromatic N) is 6. The van der Waals surface area contributed by atoms with E-state index in [0.717, 1.165) is 12.1 Å². The van der Waals surface area contributed by atoms with Gasteiger partial charge in [-0.05, 0) is 42.5 Å². The van der Waals surface area contributed by atoms with Crippen LogP contribution in [-0.4, -0.2) is 43.2 Å². The van der Waals surface area contributed by atoms with Crippen molar-refractivity contribution in [2.24, 2.45) is 0 Å². The third-order valence-corrected chi connectivity index (χ3v) is 5.47. The van der Waals surface area contributed by atoms with Crippen molar-refractivity contribution in [2.75, 3.05) is 13.3 Å². The summed E-state index contributed by atoms with van der Waals surface area (Å²) in [6, 6.07) is 9.88. The Balaban J connectivity index is 1.38. The third-order valence-electron chi connectivity index (χ3n) is 5.47. The summed E-state index contributed by atoms with van der Waals surface area (Å²) in [5.41, 5.74) is -0.186. The lowest BCUT2D eigenvalue weighted by Gasteiger charge is -2.14. The molecule has 0 saturated heterocycles. The average molecular weight is 530 g/mol. The maximum Gasteiger partial charge on any atom is 0.417 e. The van der Waals surface area contributed by atoms with Crippen molar-refractivity contribution >= 4 is 0 Å². The molecule has 0 atom stereocenters. The van der Waals surface area contributed by atoms with Gasteiger partial charge in [0.1, 0.15) is 30.4 Å². The Bertz CT molecular complexity index is 1550. The van der Waals surface area contributed by atoms with E-state index in [1.807, 2.05) is 0 Å². The first-order chi connectivity index (χ1) is 18.2. The highest BCUT2D eigenvalue weighted by atomic mass is 19.4. The normalized spacial score (nSPS) is 11.7. The van der Waals surface area contributed by atoms with Crippen molar-refractivity contribution in [3.8, 4) is 39.8 Å². The lowest BCUT2D eigenvalue weighted by Crippen LogP contribution is -2.10. The maximum atomic E-state index is 14.1. The van der Waals surface area contributed by atoms with Gasteiger partial charge in [0.2, 0.25) is 0 Å². The summed E-state index contributed by atoms with van der Waals surface area (Å²) in [6.45, 7) is -1.09. The SMILES string of the molecule is FCCOc1ccc(-c2ccc(Cn3cc4nc(-c5cccc(F)c5F)nc-4cn3)nn2)c(C(F)(F)F)c1. The predicted octanol–water partition coefficient (Wildman–Crippen LogP) is 5.60. The van der Waals surface area contributed by atoms with Gasteiger partial charge < -0.3 is 4.74 Å². The van der Waals surface area contributed by atoms with Gasteiger partial charge in [0.05, 0.1) is 41.5 Å². The van der Waals surface area contributed by atoms with Gasteiger partial charge in [0, 0.05) is 5.56 Å². The van der Waals surface area contributed by atoms with Gasteiger partial charge in [-0.2, -0.15) is 28.5 Å². The van der Waals surface area contributed by atoms with Crippen molar-refractivity contribution in [1.29, 1.82) is 0 Å². The molecule has 0 bridgehead atoms. The molecule has 194 valence electrons. The Hall–Kier alpha value is -4.55. The largest absolute Gasteiger partial charge is 0.491 e. The molecule has 0 amide bonds. The first-order valence-corrected chi connectivity index (χ1v) is 11.1. The van der Waals surface area contributed by atoms with Gasteiger partial charge in [0.25, 0.3) is 0 Å². The molecule has 5 rings (SSSR count). The van der Waals surface area contributed by atoms with E-state index in [2.05, 4.69) is 25.3 Å². The number of hydrogen-bond acceptors (Lipinski definition) is 6. The van der Waals surface area contributed by atoms with Crippen LogP contribution >= 0.6 is 0 Å². The summed E-state index contributed by atoms with van der Waals surface area (Å²) < 4.78 is 87.4. The number of alkyl halides is 4. The molecular formula is C25H16F6N6O.